The SMILES string of the molecule is NC1C2C3CCCC2C(C3)N(Cc2ccc(C(F)(F)F)cc2)C1C(c1ccccc1)c1ccccc1. The summed E-state index contributed by atoms with van der Waals surface area (Å²) in [6, 6.07) is 27.4. The summed E-state index contributed by atoms with van der Waals surface area (Å²) in [5.41, 5.74) is 10.1. The van der Waals surface area contributed by atoms with Crippen molar-refractivity contribution in [2.45, 2.75) is 62.4 Å². The zero-order valence-corrected chi connectivity index (χ0v) is 20.3. The molecule has 0 aromatic heterocycles. The molecule has 0 radical (unpaired) electrons. The Morgan fingerprint density at radius 3 is 2.03 bits per heavy atom. The Bertz CT molecular complexity index is 1120. The molecule has 188 valence electrons. The van der Waals surface area contributed by atoms with E-state index < -0.39 is 11.7 Å². The van der Waals surface area contributed by atoms with Crippen LogP contribution in [0.4, 0.5) is 13.2 Å². The number of piperidine rings is 1. The first-order chi connectivity index (χ1) is 17.4. The number of nitrogens with zero attached hydrogens (tertiary/aromatic N) is 1. The number of hydrogen-bond acceptors (Lipinski definition) is 2. The van der Waals surface area contributed by atoms with Crippen LogP contribution < -0.4 is 5.73 Å². The summed E-state index contributed by atoms with van der Waals surface area (Å²) in [6.07, 6.45) is 0.533. The van der Waals surface area contributed by atoms with Gasteiger partial charge in [0.05, 0.1) is 5.56 Å². The minimum atomic E-state index is -4.32. The fraction of sp³-hybridized carbons (Fsp3) is 0.419. The Labute approximate surface area is 211 Å². The maximum atomic E-state index is 13.2. The number of nitrogens with two attached hydrogens (primary N) is 1. The van der Waals surface area contributed by atoms with Gasteiger partial charge in [0.1, 0.15) is 0 Å². The number of alkyl halides is 3. The van der Waals surface area contributed by atoms with Crippen molar-refractivity contribution in [3.05, 3.63) is 107 Å². The fourth-order valence-corrected chi connectivity index (χ4v) is 7.76. The van der Waals surface area contributed by atoms with E-state index >= 15 is 0 Å². The van der Waals surface area contributed by atoms with E-state index in [0.29, 0.717) is 30.3 Å². The van der Waals surface area contributed by atoms with Crippen molar-refractivity contribution in [3.63, 3.8) is 0 Å². The Balaban J connectivity index is 1.43. The number of likely N-dealkylation sites (tertiary alicyclic amines) is 1. The van der Waals surface area contributed by atoms with Crippen molar-refractivity contribution in [2.24, 2.45) is 23.5 Å². The summed E-state index contributed by atoms with van der Waals surface area (Å²) in [6.45, 7) is 0.618. The van der Waals surface area contributed by atoms with Crippen molar-refractivity contribution < 1.29 is 13.2 Å². The summed E-state index contributed by atoms with van der Waals surface area (Å²) in [5, 5.41) is 0. The molecule has 0 spiro atoms. The molecule has 3 fully saturated rings. The van der Waals surface area contributed by atoms with Gasteiger partial charge in [-0.05, 0) is 59.4 Å². The number of benzene rings is 3. The van der Waals surface area contributed by atoms with Crippen LogP contribution in [0, 0.1) is 17.8 Å². The number of halogens is 3. The molecule has 2 N–H and O–H groups in total. The van der Waals surface area contributed by atoms with E-state index in [1.807, 2.05) is 12.1 Å². The normalized spacial score (nSPS) is 30.0. The molecule has 5 heteroatoms. The van der Waals surface area contributed by atoms with Crippen LogP contribution in [0.5, 0.6) is 0 Å². The smallest absolute Gasteiger partial charge is 0.326 e. The van der Waals surface area contributed by atoms with Gasteiger partial charge in [0.2, 0.25) is 0 Å². The second-order valence-electron chi connectivity index (χ2n) is 11.0. The predicted molar refractivity (Wildman–Crippen MR) is 136 cm³/mol. The Morgan fingerprint density at radius 2 is 1.44 bits per heavy atom. The lowest BCUT2D eigenvalue weighted by Gasteiger charge is -2.53. The van der Waals surface area contributed by atoms with Gasteiger partial charge in [-0.25, -0.2) is 0 Å². The van der Waals surface area contributed by atoms with Crippen LogP contribution in [0.15, 0.2) is 84.9 Å². The van der Waals surface area contributed by atoms with E-state index in [2.05, 4.69) is 53.4 Å². The first-order valence-corrected chi connectivity index (χ1v) is 13.2. The first-order valence-electron chi connectivity index (χ1n) is 13.2. The average Bonchev–Trinajstić information content (AvgIpc) is 3.03. The minimum absolute atomic E-state index is 0.0129. The summed E-state index contributed by atoms with van der Waals surface area (Å²) in [7, 11) is 0. The zero-order valence-electron chi connectivity index (χ0n) is 20.3. The lowest BCUT2D eigenvalue weighted by molar-refractivity contribution is -0.137. The first kappa shape index (κ1) is 23.7. The van der Waals surface area contributed by atoms with Crippen LogP contribution in [0.2, 0.25) is 0 Å². The third-order valence-corrected chi connectivity index (χ3v) is 9.14. The fourth-order valence-electron chi connectivity index (χ4n) is 7.76. The van der Waals surface area contributed by atoms with Crippen LogP contribution in [-0.4, -0.2) is 23.0 Å². The topological polar surface area (TPSA) is 29.3 Å². The highest BCUT2D eigenvalue weighted by Crippen LogP contribution is 2.56. The molecule has 6 atom stereocenters. The van der Waals surface area contributed by atoms with Gasteiger partial charge < -0.3 is 5.73 Å². The molecular formula is C31H33F3N2. The molecule has 1 aliphatic heterocycles. The maximum absolute atomic E-state index is 13.2. The quantitative estimate of drug-likeness (QED) is 0.424. The summed E-state index contributed by atoms with van der Waals surface area (Å²) < 4.78 is 39.6. The van der Waals surface area contributed by atoms with Crippen molar-refractivity contribution in [2.75, 3.05) is 0 Å². The highest BCUT2D eigenvalue weighted by atomic mass is 19.4. The Kier molecular flexibility index (Phi) is 6.17. The molecule has 6 unspecified atom stereocenters. The molecule has 3 aliphatic rings. The van der Waals surface area contributed by atoms with Gasteiger partial charge in [-0.1, -0.05) is 85.6 Å². The van der Waals surface area contributed by atoms with Gasteiger partial charge >= 0.3 is 6.18 Å². The van der Waals surface area contributed by atoms with E-state index in [4.69, 9.17) is 5.73 Å². The molecule has 36 heavy (non-hydrogen) atoms. The molecule has 2 aliphatic carbocycles. The van der Waals surface area contributed by atoms with Gasteiger partial charge in [-0.2, -0.15) is 13.2 Å². The van der Waals surface area contributed by atoms with Crippen LogP contribution in [0.1, 0.15) is 53.9 Å². The molecular weight excluding hydrogens is 457 g/mol. The second-order valence-corrected chi connectivity index (χ2v) is 11.0. The van der Waals surface area contributed by atoms with Crippen molar-refractivity contribution in [1.29, 1.82) is 0 Å². The van der Waals surface area contributed by atoms with E-state index in [1.165, 1.54) is 42.5 Å². The standard InChI is InChI=1S/C31H33F3N2/c32-31(33,34)24-16-14-20(15-17-24)19-36-26-18-23-12-7-13-25(26)28(23)29(35)30(36)27(21-8-3-1-4-9-21)22-10-5-2-6-11-22/h1-6,8-11,14-17,23,25-30H,7,12-13,18-19,35H2. The van der Waals surface area contributed by atoms with Crippen LogP contribution in [0.25, 0.3) is 0 Å². The van der Waals surface area contributed by atoms with Gasteiger partial charge in [0, 0.05) is 30.6 Å². The summed E-state index contributed by atoms with van der Waals surface area (Å²) in [4.78, 5) is 2.59. The molecule has 4 bridgehead atoms. The molecule has 0 amide bonds. The maximum Gasteiger partial charge on any atom is 0.416 e. The zero-order chi connectivity index (χ0) is 24.9. The molecule has 2 nitrogen and oxygen atoms in total. The monoisotopic (exact) mass is 490 g/mol. The van der Waals surface area contributed by atoms with Gasteiger partial charge in [0.15, 0.2) is 0 Å². The lowest BCUT2D eigenvalue weighted by Crippen LogP contribution is -2.63. The van der Waals surface area contributed by atoms with Crippen molar-refractivity contribution >= 4 is 0 Å². The van der Waals surface area contributed by atoms with Crippen LogP contribution in [0.3, 0.4) is 0 Å². The highest BCUT2D eigenvalue weighted by molar-refractivity contribution is 5.37. The van der Waals surface area contributed by atoms with Gasteiger partial charge in [0.25, 0.3) is 0 Å². The largest absolute Gasteiger partial charge is 0.416 e. The number of hydrogen-bond donors (Lipinski definition) is 1. The van der Waals surface area contributed by atoms with Crippen molar-refractivity contribution in [3.8, 4) is 0 Å². The summed E-state index contributed by atoms with van der Waals surface area (Å²) >= 11 is 0. The number of rotatable bonds is 5. The summed E-state index contributed by atoms with van der Waals surface area (Å²) in [5.74, 6) is 1.85. The van der Waals surface area contributed by atoms with Gasteiger partial charge in [-0.15, -0.1) is 0 Å². The molecule has 2 saturated carbocycles. The average molecular weight is 491 g/mol. The molecule has 1 saturated heterocycles. The van der Waals surface area contributed by atoms with E-state index in [9.17, 15) is 13.2 Å². The third-order valence-electron chi connectivity index (χ3n) is 9.14. The lowest BCUT2D eigenvalue weighted by atomic mass is 9.66. The van der Waals surface area contributed by atoms with E-state index in [-0.39, 0.29) is 18.0 Å². The molecule has 6 rings (SSSR count). The highest BCUT2D eigenvalue weighted by Gasteiger charge is 2.58. The Morgan fingerprint density at radius 1 is 0.833 bits per heavy atom. The molecule has 1 heterocycles. The predicted octanol–water partition coefficient (Wildman–Crippen LogP) is 6.85. The molecule has 3 aromatic rings. The van der Waals surface area contributed by atoms with Gasteiger partial charge in [-0.3, -0.25) is 4.90 Å². The minimum Gasteiger partial charge on any atom is -0.326 e. The molecule has 3 aromatic carbocycles. The van der Waals surface area contributed by atoms with E-state index in [0.717, 1.165) is 12.0 Å². The second kappa shape index (κ2) is 9.35. The van der Waals surface area contributed by atoms with Crippen LogP contribution in [-0.2, 0) is 12.7 Å². The Hall–Kier alpha value is -2.63. The van der Waals surface area contributed by atoms with Crippen molar-refractivity contribution in [1.82, 2.24) is 4.90 Å². The van der Waals surface area contributed by atoms with E-state index in [1.54, 1.807) is 12.1 Å². The third kappa shape index (κ3) is 4.16. The van der Waals surface area contributed by atoms with Crippen LogP contribution >= 0.6 is 0 Å².